The lowest BCUT2D eigenvalue weighted by Gasteiger charge is -2.39. The van der Waals surface area contributed by atoms with E-state index in [9.17, 15) is 0 Å². The summed E-state index contributed by atoms with van der Waals surface area (Å²) in [6.45, 7) is 10.1. The Morgan fingerprint density at radius 3 is 1.84 bits per heavy atom. The highest BCUT2D eigenvalue weighted by Gasteiger charge is 2.24. The Kier molecular flexibility index (Phi) is 6.62. The van der Waals surface area contributed by atoms with Crippen molar-refractivity contribution in [3.05, 3.63) is 71.8 Å². The first kappa shape index (κ1) is 18.1. The van der Waals surface area contributed by atoms with Crippen molar-refractivity contribution in [3.8, 4) is 0 Å². The van der Waals surface area contributed by atoms with Crippen molar-refractivity contribution in [3.63, 3.8) is 0 Å². The quantitative estimate of drug-likeness (QED) is 0.754. The number of nitrogens with zero attached hydrogens (tertiary/aromatic N) is 2. The monoisotopic (exact) mass is 338 g/mol. The van der Waals surface area contributed by atoms with Gasteiger partial charge in [-0.25, -0.2) is 0 Å². The Bertz CT molecular complexity index is 569. The zero-order chi connectivity index (χ0) is 17.5. The molecule has 3 heteroatoms. The second-order valence-electron chi connectivity index (χ2n) is 6.81. The summed E-state index contributed by atoms with van der Waals surface area (Å²) < 4.78 is 6.56. The van der Waals surface area contributed by atoms with Crippen LogP contribution in [-0.4, -0.2) is 48.8 Å². The number of piperazine rings is 1. The molecule has 2 aromatic rings. The number of rotatable bonds is 7. The number of ether oxygens (including phenoxy) is 1. The largest absolute Gasteiger partial charge is 0.351 e. The molecule has 1 aliphatic rings. The van der Waals surface area contributed by atoms with Gasteiger partial charge in [-0.3, -0.25) is 4.90 Å². The Morgan fingerprint density at radius 1 is 0.840 bits per heavy atom. The SMILES string of the molecule is CCCN1CCN(C(C)OC(c2ccccc2)c2ccccc2)CC1. The van der Waals surface area contributed by atoms with Gasteiger partial charge in [0.25, 0.3) is 0 Å². The van der Waals surface area contributed by atoms with Crippen LogP contribution in [0.25, 0.3) is 0 Å². The third-order valence-electron chi connectivity index (χ3n) is 5.00. The standard InChI is InChI=1S/C22H30N2O/c1-3-14-23-15-17-24(18-16-23)19(2)25-22(20-10-6-4-7-11-20)21-12-8-5-9-13-21/h4-13,19,22H,3,14-18H2,1-2H3. The van der Waals surface area contributed by atoms with Gasteiger partial charge >= 0.3 is 0 Å². The van der Waals surface area contributed by atoms with Crippen LogP contribution in [0.2, 0.25) is 0 Å². The van der Waals surface area contributed by atoms with E-state index in [1.807, 2.05) is 0 Å². The van der Waals surface area contributed by atoms with Gasteiger partial charge in [-0.05, 0) is 31.0 Å². The number of hydrogen-bond acceptors (Lipinski definition) is 3. The average molecular weight is 338 g/mol. The Balaban J connectivity index is 1.68. The molecule has 3 rings (SSSR count). The Morgan fingerprint density at radius 2 is 1.36 bits per heavy atom. The molecule has 0 radical (unpaired) electrons. The van der Waals surface area contributed by atoms with Crippen molar-refractivity contribution in [2.24, 2.45) is 0 Å². The topological polar surface area (TPSA) is 15.7 Å². The van der Waals surface area contributed by atoms with Gasteiger partial charge in [0.15, 0.2) is 0 Å². The maximum atomic E-state index is 6.56. The second kappa shape index (κ2) is 9.14. The van der Waals surface area contributed by atoms with Gasteiger partial charge in [-0.2, -0.15) is 0 Å². The van der Waals surface area contributed by atoms with Crippen LogP contribution in [0.3, 0.4) is 0 Å². The van der Waals surface area contributed by atoms with Crippen molar-refractivity contribution in [2.75, 3.05) is 32.7 Å². The molecule has 1 aliphatic heterocycles. The summed E-state index contributed by atoms with van der Waals surface area (Å²) >= 11 is 0. The van der Waals surface area contributed by atoms with Crippen LogP contribution >= 0.6 is 0 Å². The van der Waals surface area contributed by atoms with E-state index in [1.54, 1.807) is 0 Å². The molecule has 2 aromatic carbocycles. The molecule has 0 aliphatic carbocycles. The summed E-state index contributed by atoms with van der Waals surface area (Å²) in [6, 6.07) is 21.1. The lowest BCUT2D eigenvalue weighted by molar-refractivity contribution is -0.0905. The van der Waals surface area contributed by atoms with Crippen molar-refractivity contribution in [2.45, 2.75) is 32.6 Å². The van der Waals surface area contributed by atoms with Gasteiger partial charge in [-0.15, -0.1) is 0 Å². The third kappa shape index (κ3) is 4.91. The van der Waals surface area contributed by atoms with Crippen LogP contribution in [-0.2, 0) is 4.74 Å². The predicted octanol–water partition coefficient (Wildman–Crippen LogP) is 4.17. The maximum absolute atomic E-state index is 6.56. The molecular weight excluding hydrogens is 308 g/mol. The van der Waals surface area contributed by atoms with Gasteiger partial charge < -0.3 is 9.64 Å². The van der Waals surface area contributed by atoms with Crippen LogP contribution in [0, 0.1) is 0 Å². The fraction of sp³-hybridized carbons (Fsp3) is 0.455. The second-order valence-corrected chi connectivity index (χ2v) is 6.81. The van der Waals surface area contributed by atoms with E-state index in [0.717, 1.165) is 26.2 Å². The van der Waals surface area contributed by atoms with Crippen LogP contribution < -0.4 is 0 Å². The third-order valence-corrected chi connectivity index (χ3v) is 5.00. The summed E-state index contributed by atoms with van der Waals surface area (Å²) in [5.74, 6) is 0. The first-order chi connectivity index (χ1) is 12.3. The summed E-state index contributed by atoms with van der Waals surface area (Å²) in [7, 11) is 0. The molecule has 1 fully saturated rings. The molecule has 1 unspecified atom stereocenters. The maximum Gasteiger partial charge on any atom is 0.110 e. The molecule has 0 bridgehead atoms. The lowest BCUT2D eigenvalue weighted by atomic mass is 10.0. The molecule has 0 aromatic heterocycles. The summed E-state index contributed by atoms with van der Waals surface area (Å²) in [6.07, 6.45) is 1.32. The van der Waals surface area contributed by atoms with Crippen molar-refractivity contribution >= 4 is 0 Å². The molecule has 1 saturated heterocycles. The van der Waals surface area contributed by atoms with Gasteiger partial charge in [-0.1, -0.05) is 67.6 Å². The smallest absolute Gasteiger partial charge is 0.110 e. The first-order valence-electron chi connectivity index (χ1n) is 9.49. The molecule has 134 valence electrons. The van der Waals surface area contributed by atoms with Gasteiger partial charge in [0, 0.05) is 26.2 Å². The van der Waals surface area contributed by atoms with Crippen LogP contribution in [0.1, 0.15) is 37.5 Å². The molecule has 0 N–H and O–H groups in total. The minimum Gasteiger partial charge on any atom is -0.351 e. The van der Waals surface area contributed by atoms with E-state index in [1.165, 1.54) is 24.1 Å². The van der Waals surface area contributed by atoms with Crippen molar-refractivity contribution < 1.29 is 4.74 Å². The Labute approximate surface area is 152 Å². The van der Waals surface area contributed by atoms with E-state index in [2.05, 4.69) is 84.3 Å². The van der Waals surface area contributed by atoms with Crippen LogP contribution in [0.5, 0.6) is 0 Å². The van der Waals surface area contributed by atoms with Gasteiger partial charge in [0.1, 0.15) is 12.3 Å². The fourth-order valence-electron chi connectivity index (χ4n) is 3.56. The summed E-state index contributed by atoms with van der Waals surface area (Å²) in [5.41, 5.74) is 2.43. The van der Waals surface area contributed by atoms with Crippen LogP contribution in [0.4, 0.5) is 0 Å². The molecule has 0 amide bonds. The average Bonchev–Trinajstić information content (AvgIpc) is 2.68. The van der Waals surface area contributed by atoms with Gasteiger partial charge in [0.2, 0.25) is 0 Å². The van der Waals surface area contributed by atoms with Crippen molar-refractivity contribution in [1.29, 1.82) is 0 Å². The fourth-order valence-corrected chi connectivity index (χ4v) is 3.56. The van der Waals surface area contributed by atoms with Gasteiger partial charge in [0.05, 0.1) is 0 Å². The lowest BCUT2D eigenvalue weighted by Crippen LogP contribution is -2.50. The van der Waals surface area contributed by atoms with E-state index in [-0.39, 0.29) is 12.3 Å². The summed E-state index contributed by atoms with van der Waals surface area (Å²) in [4.78, 5) is 5.01. The molecule has 3 nitrogen and oxygen atoms in total. The van der Waals surface area contributed by atoms with E-state index < -0.39 is 0 Å². The first-order valence-corrected chi connectivity index (χ1v) is 9.49. The Hall–Kier alpha value is -1.68. The number of benzene rings is 2. The zero-order valence-corrected chi connectivity index (χ0v) is 15.5. The summed E-state index contributed by atoms with van der Waals surface area (Å²) in [5, 5.41) is 0. The van der Waals surface area contributed by atoms with Crippen molar-refractivity contribution in [1.82, 2.24) is 9.80 Å². The minimum absolute atomic E-state index is 0.0222. The molecule has 1 atom stereocenters. The van der Waals surface area contributed by atoms with E-state index in [4.69, 9.17) is 4.74 Å². The molecule has 25 heavy (non-hydrogen) atoms. The predicted molar refractivity (Wildman–Crippen MR) is 104 cm³/mol. The molecule has 1 heterocycles. The highest BCUT2D eigenvalue weighted by atomic mass is 16.5. The zero-order valence-electron chi connectivity index (χ0n) is 15.5. The normalized spacial score (nSPS) is 17.7. The molecular formula is C22H30N2O. The molecule has 0 spiro atoms. The highest BCUT2D eigenvalue weighted by Crippen LogP contribution is 2.28. The van der Waals surface area contributed by atoms with E-state index >= 15 is 0 Å². The van der Waals surface area contributed by atoms with Crippen LogP contribution in [0.15, 0.2) is 60.7 Å². The van der Waals surface area contributed by atoms with E-state index in [0.29, 0.717) is 0 Å². The molecule has 0 saturated carbocycles. The minimum atomic E-state index is -0.0222. The highest BCUT2D eigenvalue weighted by molar-refractivity contribution is 5.29. The number of hydrogen-bond donors (Lipinski definition) is 0.